The molecule has 4 rings (SSSR count). The molecule has 2 N–H and O–H groups in total. The van der Waals surface area contributed by atoms with Gasteiger partial charge in [-0.15, -0.1) is 0 Å². The molecule has 0 saturated carbocycles. The minimum atomic E-state index is -0.265. The van der Waals surface area contributed by atoms with Gasteiger partial charge in [0.1, 0.15) is 0 Å². The number of hydrogen-bond donors (Lipinski definition) is 2. The molecule has 0 aliphatic carbocycles. The predicted molar refractivity (Wildman–Crippen MR) is 95.1 cm³/mol. The molecule has 0 bridgehead atoms. The van der Waals surface area contributed by atoms with Crippen LogP contribution in [0.25, 0.3) is 21.7 Å². The van der Waals surface area contributed by atoms with Crippen molar-refractivity contribution in [3.05, 3.63) is 78.2 Å². The highest BCUT2D eigenvalue weighted by Crippen LogP contribution is 2.26. The van der Waals surface area contributed by atoms with Crippen LogP contribution in [0.4, 0.5) is 0 Å². The average Bonchev–Trinajstić information content (AvgIpc) is 3.06. The van der Waals surface area contributed by atoms with Crippen molar-refractivity contribution in [2.24, 2.45) is 5.10 Å². The van der Waals surface area contributed by atoms with Gasteiger partial charge in [-0.05, 0) is 17.5 Å². The van der Waals surface area contributed by atoms with E-state index < -0.39 is 0 Å². The fourth-order valence-electron chi connectivity index (χ4n) is 2.73. The molecule has 0 atom stereocenters. The molecule has 5 heteroatoms. The summed E-state index contributed by atoms with van der Waals surface area (Å²) in [7, 11) is 0. The summed E-state index contributed by atoms with van der Waals surface area (Å²) >= 11 is 0. The van der Waals surface area contributed by atoms with Crippen LogP contribution in [-0.2, 0) is 0 Å². The van der Waals surface area contributed by atoms with Crippen molar-refractivity contribution in [1.82, 2.24) is 15.4 Å². The molecule has 24 heavy (non-hydrogen) atoms. The number of pyridine rings is 1. The number of carbonyl (C=O) groups is 1. The summed E-state index contributed by atoms with van der Waals surface area (Å²) in [6.07, 6.45) is 6.68. The van der Waals surface area contributed by atoms with Crippen LogP contribution in [-0.4, -0.2) is 22.1 Å². The summed E-state index contributed by atoms with van der Waals surface area (Å²) in [4.78, 5) is 19.1. The van der Waals surface area contributed by atoms with Crippen LogP contribution in [0.2, 0.25) is 0 Å². The van der Waals surface area contributed by atoms with Crippen molar-refractivity contribution < 1.29 is 4.79 Å². The average molecular weight is 314 g/mol. The largest absolute Gasteiger partial charge is 0.360 e. The number of nitrogens with one attached hydrogen (secondary N) is 2. The third kappa shape index (κ3) is 2.52. The second-order valence-corrected chi connectivity index (χ2v) is 5.39. The van der Waals surface area contributed by atoms with Crippen molar-refractivity contribution in [2.45, 2.75) is 0 Å². The SMILES string of the molecule is O=C(NN=Cc1c[nH]c2c1ccc1ccccc12)c1ccncc1. The van der Waals surface area contributed by atoms with Gasteiger partial charge in [0, 0.05) is 40.5 Å². The highest BCUT2D eigenvalue weighted by molar-refractivity contribution is 6.11. The molecule has 1 amide bonds. The predicted octanol–water partition coefficient (Wildman–Crippen LogP) is 3.48. The molecular formula is C19H14N4O. The number of nitrogens with zero attached hydrogens (tertiary/aromatic N) is 2. The summed E-state index contributed by atoms with van der Waals surface area (Å²) in [5.41, 5.74) is 5.04. The molecule has 0 aliphatic rings. The Morgan fingerprint density at radius 2 is 1.88 bits per heavy atom. The Hall–Kier alpha value is -3.47. The standard InChI is InChI=1S/C19H14N4O/c24-19(14-7-9-20-10-8-14)23-22-12-15-11-21-18-16-4-2-1-3-13(16)5-6-17(15)18/h1-12,21H,(H,23,24). The maximum absolute atomic E-state index is 12.0. The minimum Gasteiger partial charge on any atom is -0.360 e. The van der Waals surface area contributed by atoms with E-state index in [1.807, 2.05) is 18.3 Å². The van der Waals surface area contributed by atoms with Crippen molar-refractivity contribution in [2.75, 3.05) is 0 Å². The molecule has 2 heterocycles. The molecule has 0 unspecified atom stereocenters. The lowest BCUT2D eigenvalue weighted by molar-refractivity contribution is 0.0955. The zero-order valence-electron chi connectivity index (χ0n) is 12.7. The maximum atomic E-state index is 12.0. The van der Waals surface area contributed by atoms with Gasteiger partial charge in [-0.25, -0.2) is 5.43 Å². The Morgan fingerprint density at radius 3 is 2.75 bits per heavy atom. The van der Waals surface area contributed by atoms with Gasteiger partial charge in [-0.3, -0.25) is 9.78 Å². The molecule has 4 aromatic rings. The van der Waals surface area contributed by atoms with Gasteiger partial charge in [-0.1, -0.05) is 36.4 Å². The molecule has 0 radical (unpaired) electrons. The summed E-state index contributed by atoms with van der Waals surface area (Å²) in [5.74, 6) is -0.265. The number of hydrazone groups is 1. The quantitative estimate of drug-likeness (QED) is 0.449. The first-order valence-electron chi connectivity index (χ1n) is 7.55. The summed E-state index contributed by atoms with van der Waals surface area (Å²) in [6, 6.07) is 15.6. The Balaban J connectivity index is 1.61. The Bertz CT molecular complexity index is 1050. The van der Waals surface area contributed by atoms with Crippen LogP contribution in [0.1, 0.15) is 15.9 Å². The number of rotatable bonds is 3. The third-order valence-corrected chi connectivity index (χ3v) is 3.92. The normalized spacial score (nSPS) is 11.3. The van der Waals surface area contributed by atoms with E-state index in [0.717, 1.165) is 21.9 Å². The number of H-pyrrole nitrogens is 1. The van der Waals surface area contributed by atoms with Crippen molar-refractivity contribution >= 4 is 33.8 Å². The lowest BCUT2D eigenvalue weighted by atomic mass is 10.1. The summed E-state index contributed by atoms with van der Waals surface area (Å²) < 4.78 is 0. The Kier molecular flexibility index (Phi) is 3.51. The number of aromatic amines is 1. The van der Waals surface area contributed by atoms with Gasteiger partial charge < -0.3 is 4.98 Å². The van der Waals surface area contributed by atoms with E-state index in [1.54, 1.807) is 30.7 Å². The number of carbonyl (C=O) groups excluding carboxylic acids is 1. The topological polar surface area (TPSA) is 70.1 Å². The van der Waals surface area contributed by atoms with Crippen molar-refractivity contribution in [3.63, 3.8) is 0 Å². The van der Waals surface area contributed by atoms with Gasteiger partial charge in [0.25, 0.3) is 5.91 Å². The fourth-order valence-corrected chi connectivity index (χ4v) is 2.73. The van der Waals surface area contributed by atoms with Gasteiger partial charge in [-0.2, -0.15) is 5.10 Å². The molecule has 5 nitrogen and oxygen atoms in total. The first-order valence-corrected chi connectivity index (χ1v) is 7.55. The molecule has 0 fully saturated rings. The highest BCUT2D eigenvalue weighted by Gasteiger charge is 2.06. The van der Waals surface area contributed by atoms with Crippen LogP contribution in [0.5, 0.6) is 0 Å². The molecule has 0 saturated heterocycles. The molecule has 0 aliphatic heterocycles. The van der Waals surface area contributed by atoms with E-state index in [1.165, 1.54) is 5.39 Å². The van der Waals surface area contributed by atoms with Crippen LogP contribution in [0.15, 0.2) is 72.2 Å². The lowest BCUT2D eigenvalue weighted by Crippen LogP contribution is -2.17. The number of aromatic nitrogens is 2. The first kappa shape index (κ1) is 14.1. The Labute approximate surface area is 138 Å². The number of hydrogen-bond acceptors (Lipinski definition) is 3. The molecule has 2 aromatic carbocycles. The molecular weight excluding hydrogens is 300 g/mol. The van der Waals surface area contributed by atoms with E-state index in [4.69, 9.17) is 0 Å². The monoisotopic (exact) mass is 314 g/mol. The minimum absolute atomic E-state index is 0.265. The Morgan fingerprint density at radius 1 is 1.04 bits per heavy atom. The lowest BCUT2D eigenvalue weighted by Gasteiger charge is -2.00. The number of fused-ring (bicyclic) bond motifs is 3. The third-order valence-electron chi connectivity index (χ3n) is 3.92. The summed E-state index contributed by atoms with van der Waals surface area (Å²) in [6.45, 7) is 0. The summed E-state index contributed by atoms with van der Waals surface area (Å²) in [5, 5.41) is 7.47. The van der Waals surface area contributed by atoms with Gasteiger partial charge in [0.15, 0.2) is 0 Å². The van der Waals surface area contributed by atoms with Crippen LogP contribution in [0.3, 0.4) is 0 Å². The van der Waals surface area contributed by atoms with Gasteiger partial charge in [0.05, 0.1) is 11.7 Å². The second-order valence-electron chi connectivity index (χ2n) is 5.39. The van der Waals surface area contributed by atoms with E-state index in [2.05, 4.69) is 44.8 Å². The van der Waals surface area contributed by atoms with Gasteiger partial charge in [0.2, 0.25) is 0 Å². The smallest absolute Gasteiger partial charge is 0.271 e. The van der Waals surface area contributed by atoms with Crippen molar-refractivity contribution in [1.29, 1.82) is 0 Å². The van der Waals surface area contributed by atoms with E-state index >= 15 is 0 Å². The molecule has 2 aromatic heterocycles. The zero-order chi connectivity index (χ0) is 16.4. The zero-order valence-corrected chi connectivity index (χ0v) is 12.7. The van der Waals surface area contributed by atoms with Crippen molar-refractivity contribution in [3.8, 4) is 0 Å². The van der Waals surface area contributed by atoms with Crippen LogP contribution in [0, 0.1) is 0 Å². The maximum Gasteiger partial charge on any atom is 0.271 e. The van der Waals surface area contributed by atoms with E-state index in [0.29, 0.717) is 5.56 Å². The molecule has 116 valence electrons. The van der Waals surface area contributed by atoms with Gasteiger partial charge >= 0.3 is 0 Å². The number of benzene rings is 2. The van der Waals surface area contributed by atoms with Crippen LogP contribution < -0.4 is 5.43 Å². The first-order chi connectivity index (χ1) is 11.8. The highest BCUT2D eigenvalue weighted by atomic mass is 16.2. The number of amides is 1. The second kappa shape index (κ2) is 5.96. The van der Waals surface area contributed by atoms with Crippen LogP contribution >= 0.6 is 0 Å². The molecule has 0 spiro atoms. The van der Waals surface area contributed by atoms with E-state index in [-0.39, 0.29) is 5.91 Å². The van der Waals surface area contributed by atoms with E-state index in [9.17, 15) is 4.79 Å². The fraction of sp³-hybridized carbons (Fsp3) is 0.